The summed E-state index contributed by atoms with van der Waals surface area (Å²) in [5.74, 6) is 0. The Labute approximate surface area is 207 Å². The van der Waals surface area contributed by atoms with Gasteiger partial charge in [-0.1, -0.05) is 116 Å². The second-order valence-electron chi connectivity index (χ2n) is 11.3. The summed E-state index contributed by atoms with van der Waals surface area (Å²) in [4.78, 5) is 0. The maximum absolute atomic E-state index is 3.67. The lowest BCUT2D eigenvalue weighted by Gasteiger charge is -2.38. The maximum Gasteiger partial charge on any atom is 0.0343 e. The van der Waals surface area contributed by atoms with Crippen molar-refractivity contribution in [2.75, 3.05) is 11.9 Å². The summed E-state index contributed by atoms with van der Waals surface area (Å²) < 4.78 is 0. The van der Waals surface area contributed by atoms with E-state index in [9.17, 15) is 0 Å². The van der Waals surface area contributed by atoms with Crippen molar-refractivity contribution < 1.29 is 0 Å². The monoisotopic (exact) mass is 455 g/mol. The third-order valence-corrected chi connectivity index (χ3v) is 8.35. The number of rotatable bonds is 19. The van der Waals surface area contributed by atoms with E-state index in [0.717, 1.165) is 6.54 Å². The smallest absolute Gasteiger partial charge is 0.0343 e. The second-order valence-corrected chi connectivity index (χ2v) is 11.3. The summed E-state index contributed by atoms with van der Waals surface area (Å²) in [7, 11) is 0. The highest BCUT2D eigenvalue weighted by molar-refractivity contribution is 5.48. The van der Waals surface area contributed by atoms with Crippen molar-refractivity contribution in [3.63, 3.8) is 0 Å². The molecule has 0 aliphatic heterocycles. The van der Waals surface area contributed by atoms with Crippen LogP contribution in [0.3, 0.4) is 0 Å². The molecule has 0 aromatic heterocycles. The van der Waals surface area contributed by atoms with E-state index >= 15 is 0 Å². The van der Waals surface area contributed by atoms with Crippen LogP contribution in [0.1, 0.15) is 153 Å². The SMILES string of the molecule is CCCCCCCCCC1(CCc2ccc(NCCCCCCCC)cc2C)CCCCC1. The standard InChI is InChI=1S/C32H57N/c1-4-6-8-10-12-13-16-23-32(24-17-15-18-25-32)26-22-30-20-21-31(28-29(30)3)33-27-19-14-11-9-7-5-2/h20-21,28,33H,4-19,22-27H2,1-3H3. The lowest BCUT2D eigenvalue weighted by Crippen LogP contribution is -2.25. The van der Waals surface area contributed by atoms with Crippen LogP contribution in [0.4, 0.5) is 5.69 Å². The Hall–Kier alpha value is -0.980. The zero-order chi connectivity index (χ0) is 23.6. The first kappa shape index (κ1) is 28.3. The number of unbranched alkanes of at least 4 members (excludes halogenated alkanes) is 11. The zero-order valence-electron chi connectivity index (χ0n) is 22.8. The van der Waals surface area contributed by atoms with E-state index in [1.807, 2.05) is 0 Å². The molecule has 1 fully saturated rings. The Morgan fingerprint density at radius 2 is 1.30 bits per heavy atom. The zero-order valence-corrected chi connectivity index (χ0v) is 22.8. The van der Waals surface area contributed by atoms with Gasteiger partial charge in [-0.2, -0.15) is 0 Å². The molecule has 1 N–H and O–H groups in total. The average molecular weight is 456 g/mol. The molecule has 1 aliphatic carbocycles. The van der Waals surface area contributed by atoms with Gasteiger partial charge in [0, 0.05) is 12.2 Å². The number of hydrogen-bond acceptors (Lipinski definition) is 1. The molecule has 0 radical (unpaired) electrons. The fraction of sp³-hybridized carbons (Fsp3) is 0.812. The number of nitrogens with one attached hydrogen (secondary N) is 1. The lowest BCUT2D eigenvalue weighted by molar-refractivity contribution is 0.152. The van der Waals surface area contributed by atoms with Gasteiger partial charge in [0.1, 0.15) is 0 Å². The molecule has 2 rings (SSSR count). The van der Waals surface area contributed by atoms with Crippen molar-refractivity contribution in [2.45, 2.75) is 156 Å². The van der Waals surface area contributed by atoms with Gasteiger partial charge < -0.3 is 5.32 Å². The molecule has 0 atom stereocenters. The van der Waals surface area contributed by atoms with Crippen LogP contribution >= 0.6 is 0 Å². The van der Waals surface area contributed by atoms with E-state index in [4.69, 9.17) is 0 Å². The Kier molecular flexibility index (Phi) is 14.9. The summed E-state index contributed by atoms with van der Waals surface area (Å²) in [6.45, 7) is 8.05. The third-order valence-electron chi connectivity index (χ3n) is 8.35. The second kappa shape index (κ2) is 17.5. The topological polar surface area (TPSA) is 12.0 Å². The van der Waals surface area contributed by atoms with Gasteiger partial charge in [-0.3, -0.25) is 0 Å². The van der Waals surface area contributed by atoms with Gasteiger partial charge >= 0.3 is 0 Å². The van der Waals surface area contributed by atoms with Crippen LogP contribution in [0.25, 0.3) is 0 Å². The fourth-order valence-corrected chi connectivity index (χ4v) is 6.01. The molecule has 0 bridgehead atoms. The summed E-state index contributed by atoms with van der Waals surface area (Å²) in [5, 5.41) is 3.67. The molecule has 0 saturated heterocycles. The molecular formula is C32H57N. The number of anilines is 1. The molecule has 1 aromatic rings. The molecule has 1 nitrogen and oxygen atoms in total. The highest BCUT2D eigenvalue weighted by Gasteiger charge is 2.31. The predicted octanol–water partition coefficient (Wildman–Crippen LogP) is 10.8. The fourth-order valence-electron chi connectivity index (χ4n) is 6.01. The van der Waals surface area contributed by atoms with Gasteiger partial charge in [0.15, 0.2) is 0 Å². The van der Waals surface area contributed by atoms with E-state index in [-0.39, 0.29) is 0 Å². The van der Waals surface area contributed by atoms with Gasteiger partial charge in [-0.15, -0.1) is 0 Å². The Balaban J connectivity index is 1.74. The van der Waals surface area contributed by atoms with E-state index in [1.165, 1.54) is 146 Å². The highest BCUT2D eigenvalue weighted by atomic mass is 14.9. The first-order valence-corrected chi connectivity index (χ1v) is 15.0. The van der Waals surface area contributed by atoms with Crippen LogP contribution in [0.15, 0.2) is 18.2 Å². The molecule has 1 aromatic carbocycles. The van der Waals surface area contributed by atoms with Crippen LogP contribution in [-0.4, -0.2) is 6.54 Å². The highest BCUT2D eigenvalue weighted by Crippen LogP contribution is 2.44. The van der Waals surface area contributed by atoms with Crippen molar-refractivity contribution in [3.8, 4) is 0 Å². The normalized spacial score (nSPS) is 15.6. The van der Waals surface area contributed by atoms with Gasteiger partial charge in [0.05, 0.1) is 0 Å². The largest absolute Gasteiger partial charge is 0.385 e. The molecule has 0 amide bonds. The van der Waals surface area contributed by atoms with Crippen LogP contribution in [0.2, 0.25) is 0 Å². The third kappa shape index (κ3) is 11.8. The number of aryl methyl sites for hydroxylation is 2. The molecule has 1 saturated carbocycles. The molecule has 190 valence electrons. The molecule has 0 heterocycles. The average Bonchev–Trinajstić information content (AvgIpc) is 2.83. The molecule has 1 aliphatic rings. The Morgan fingerprint density at radius 3 is 1.94 bits per heavy atom. The summed E-state index contributed by atoms with van der Waals surface area (Å²) in [6, 6.07) is 7.16. The lowest BCUT2D eigenvalue weighted by atomic mass is 9.67. The first-order chi connectivity index (χ1) is 16.2. The van der Waals surface area contributed by atoms with Crippen molar-refractivity contribution in [1.29, 1.82) is 0 Å². The molecular weight excluding hydrogens is 398 g/mol. The van der Waals surface area contributed by atoms with Crippen molar-refractivity contribution >= 4 is 5.69 Å². The molecule has 0 spiro atoms. The van der Waals surface area contributed by atoms with Crippen LogP contribution in [0.5, 0.6) is 0 Å². The van der Waals surface area contributed by atoms with Crippen molar-refractivity contribution in [1.82, 2.24) is 0 Å². The molecule has 33 heavy (non-hydrogen) atoms. The summed E-state index contributed by atoms with van der Waals surface area (Å²) >= 11 is 0. The van der Waals surface area contributed by atoms with Crippen LogP contribution in [-0.2, 0) is 6.42 Å². The Morgan fingerprint density at radius 1 is 0.697 bits per heavy atom. The minimum absolute atomic E-state index is 0.642. The minimum Gasteiger partial charge on any atom is -0.385 e. The van der Waals surface area contributed by atoms with Gasteiger partial charge in [0.25, 0.3) is 0 Å². The van der Waals surface area contributed by atoms with E-state index in [2.05, 4.69) is 44.3 Å². The first-order valence-electron chi connectivity index (χ1n) is 15.0. The minimum atomic E-state index is 0.642. The Bertz CT molecular complexity index is 599. The molecule has 0 unspecified atom stereocenters. The predicted molar refractivity (Wildman–Crippen MR) is 149 cm³/mol. The van der Waals surface area contributed by atoms with E-state index in [1.54, 1.807) is 5.56 Å². The maximum atomic E-state index is 3.67. The van der Waals surface area contributed by atoms with Crippen LogP contribution < -0.4 is 5.32 Å². The molecule has 1 heteroatoms. The van der Waals surface area contributed by atoms with Gasteiger partial charge in [0.2, 0.25) is 0 Å². The van der Waals surface area contributed by atoms with Gasteiger partial charge in [-0.25, -0.2) is 0 Å². The number of hydrogen-bond donors (Lipinski definition) is 1. The van der Waals surface area contributed by atoms with Gasteiger partial charge in [-0.05, 0) is 74.1 Å². The van der Waals surface area contributed by atoms with E-state index < -0.39 is 0 Å². The number of benzene rings is 1. The summed E-state index contributed by atoms with van der Waals surface area (Å²) in [5.41, 5.74) is 5.04. The van der Waals surface area contributed by atoms with E-state index in [0.29, 0.717) is 5.41 Å². The summed E-state index contributed by atoms with van der Waals surface area (Å²) in [6.07, 6.45) is 29.8. The van der Waals surface area contributed by atoms with Crippen molar-refractivity contribution in [2.24, 2.45) is 5.41 Å². The quantitative estimate of drug-likeness (QED) is 0.204. The van der Waals surface area contributed by atoms with Crippen LogP contribution in [0, 0.1) is 12.3 Å². The van der Waals surface area contributed by atoms with Crippen molar-refractivity contribution in [3.05, 3.63) is 29.3 Å².